The van der Waals surface area contributed by atoms with Crippen molar-refractivity contribution in [3.8, 4) is 11.5 Å². The molecule has 0 amide bonds. The number of nitrogens with zero attached hydrogens (tertiary/aromatic N) is 3. The smallest absolute Gasteiger partial charge is 0.422 e. The lowest BCUT2D eigenvalue weighted by atomic mass is 10.1. The van der Waals surface area contributed by atoms with Crippen LogP contribution in [0.4, 0.5) is 13.2 Å². The minimum Gasteiger partial charge on any atom is -0.490 e. The van der Waals surface area contributed by atoms with Crippen LogP contribution >= 0.6 is 0 Å². The van der Waals surface area contributed by atoms with Gasteiger partial charge < -0.3 is 14.8 Å². The Bertz CT molecular complexity index is 776. The van der Waals surface area contributed by atoms with E-state index < -0.39 is 12.8 Å². The summed E-state index contributed by atoms with van der Waals surface area (Å²) in [5.74, 6) is 2.20. The lowest BCUT2D eigenvalue weighted by molar-refractivity contribution is -0.153. The molecule has 1 aromatic carbocycles. The van der Waals surface area contributed by atoms with Gasteiger partial charge in [0.2, 0.25) is 0 Å². The summed E-state index contributed by atoms with van der Waals surface area (Å²) >= 11 is 0. The highest BCUT2D eigenvalue weighted by Crippen LogP contribution is 2.30. The average Bonchev–Trinajstić information content (AvgIpc) is 2.98. The van der Waals surface area contributed by atoms with E-state index in [0.717, 1.165) is 36.6 Å². The molecule has 148 valence electrons. The molecule has 0 spiro atoms. The molecule has 6 nitrogen and oxygen atoms in total. The van der Waals surface area contributed by atoms with E-state index in [1.165, 1.54) is 6.07 Å². The van der Waals surface area contributed by atoms with E-state index in [0.29, 0.717) is 18.9 Å². The molecule has 0 saturated carbocycles. The van der Waals surface area contributed by atoms with Gasteiger partial charge in [0.05, 0.1) is 13.2 Å². The molecule has 1 aliphatic rings. The molecule has 2 heterocycles. The van der Waals surface area contributed by atoms with Crippen LogP contribution in [-0.2, 0) is 19.5 Å². The van der Waals surface area contributed by atoms with E-state index in [1.54, 1.807) is 19.1 Å². The van der Waals surface area contributed by atoms with Gasteiger partial charge in [-0.05, 0) is 38.0 Å². The molecule has 1 aliphatic heterocycles. The summed E-state index contributed by atoms with van der Waals surface area (Å²) in [6.45, 7) is 3.99. The second-order valence-electron chi connectivity index (χ2n) is 6.49. The second-order valence-corrected chi connectivity index (χ2v) is 6.49. The largest absolute Gasteiger partial charge is 0.490 e. The van der Waals surface area contributed by atoms with Crippen molar-refractivity contribution < 1.29 is 22.6 Å². The van der Waals surface area contributed by atoms with E-state index in [1.807, 2.05) is 11.6 Å². The van der Waals surface area contributed by atoms with E-state index in [2.05, 4.69) is 15.4 Å². The van der Waals surface area contributed by atoms with E-state index in [4.69, 9.17) is 9.47 Å². The summed E-state index contributed by atoms with van der Waals surface area (Å²) in [5, 5.41) is 7.85. The van der Waals surface area contributed by atoms with Gasteiger partial charge in [-0.3, -0.25) is 0 Å². The SMILES string of the molecule is CCOc1cc(CNC2CCc3nc(C)nn3C2)ccc1OCC(F)(F)F. The van der Waals surface area contributed by atoms with Crippen molar-refractivity contribution in [1.29, 1.82) is 0 Å². The van der Waals surface area contributed by atoms with Crippen LogP contribution in [-0.4, -0.2) is 40.2 Å². The maximum Gasteiger partial charge on any atom is 0.422 e. The molecule has 1 atom stereocenters. The third kappa shape index (κ3) is 5.35. The van der Waals surface area contributed by atoms with Crippen LogP contribution in [0.25, 0.3) is 0 Å². The Morgan fingerprint density at radius 2 is 2.07 bits per heavy atom. The Morgan fingerprint density at radius 3 is 2.81 bits per heavy atom. The molecule has 1 aromatic heterocycles. The van der Waals surface area contributed by atoms with Crippen LogP contribution in [0.1, 0.15) is 30.6 Å². The first-order valence-corrected chi connectivity index (χ1v) is 8.93. The second kappa shape index (κ2) is 8.16. The molecule has 2 aromatic rings. The summed E-state index contributed by atoms with van der Waals surface area (Å²) in [6, 6.07) is 5.24. The Hall–Kier alpha value is -2.29. The monoisotopic (exact) mass is 384 g/mol. The molecule has 9 heteroatoms. The molecular formula is C18H23F3N4O2. The summed E-state index contributed by atoms with van der Waals surface area (Å²) in [7, 11) is 0. The normalized spacial score (nSPS) is 16.9. The Labute approximate surface area is 155 Å². The topological polar surface area (TPSA) is 61.2 Å². The number of nitrogens with one attached hydrogen (secondary N) is 1. The van der Waals surface area contributed by atoms with Gasteiger partial charge in [-0.15, -0.1) is 0 Å². The van der Waals surface area contributed by atoms with Gasteiger partial charge in [0.25, 0.3) is 0 Å². The maximum absolute atomic E-state index is 12.4. The molecule has 3 rings (SSSR count). The molecule has 1 unspecified atom stereocenters. The number of alkyl halides is 3. The fourth-order valence-corrected chi connectivity index (χ4v) is 3.07. The molecular weight excluding hydrogens is 361 g/mol. The first-order chi connectivity index (χ1) is 12.8. The number of aromatic nitrogens is 3. The maximum atomic E-state index is 12.4. The number of hydrogen-bond acceptors (Lipinski definition) is 5. The first-order valence-electron chi connectivity index (χ1n) is 8.93. The Balaban J connectivity index is 1.60. The lowest BCUT2D eigenvalue weighted by Crippen LogP contribution is -2.37. The third-order valence-electron chi connectivity index (χ3n) is 4.26. The zero-order valence-corrected chi connectivity index (χ0v) is 15.3. The number of ether oxygens (including phenoxy) is 2. The summed E-state index contributed by atoms with van der Waals surface area (Å²) in [5.41, 5.74) is 0.915. The molecule has 0 fully saturated rings. The number of rotatable bonds is 7. The van der Waals surface area contributed by atoms with Crippen LogP contribution in [0.15, 0.2) is 18.2 Å². The van der Waals surface area contributed by atoms with Crippen LogP contribution in [0, 0.1) is 6.92 Å². The molecule has 0 aliphatic carbocycles. The average molecular weight is 384 g/mol. The quantitative estimate of drug-likeness (QED) is 0.795. The molecule has 0 bridgehead atoms. The number of hydrogen-bond donors (Lipinski definition) is 1. The van der Waals surface area contributed by atoms with Crippen molar-refractivity contribution in [3.05, 3.63) is 35.4 Å². The van der Waals surface area contributed by atoms with Crippen molar-refractivity contribution in [2.24, 2.45) is 0 Å². The molecule has 0 radical (unpaired) electrons. The first kappa shape index (κ1) is 19.5. The zero-order valence-electron chi connectivity index (χ0n) is 15.3. The van der Waals surface area contributed by atoms with Crippen molar-refractivity contribution in [3.63, 3.8) is 0 Å². The van der Waals surface area contributed by atoms with Gasteiger partial charge in [0.1, 0.15) is 11.6 Å². The molecule has 0 saturated heterocycles. The van der Waals surface area contributed by atoms with Crippen molar-refractivity contribution in [2.45, 2.75) is 52.0 Å². The van der Waals surface area contributed by atoms with Gasteiger partial charge in [-0.25, -0.2) is 9.67 Å². The van der Waals surface area contributed by atoms with Crippen LogP contribution in [0.5, 0.6) is 11.5 Å². The molecule has 27 heavy (non-hydrogen) atoms. The van der Waals surface area contributed by atoms with Gasteiger partial charge in [-0.1, -0.05) is 6.07 Å². The van der Waals surface area contributed by atoms with E-state index in [9.17, 15) is 13.2 Å². The highest BCUT2D eigenvalue weighted by molar-refractivity contribution is 5.43. The third-order valence-corrected chi connectivity index (χ3v) is 4.26. The Morgan fingerprint density at radius 1 is 1.26 bits per heavy atom. The van der Waals surface area contributed by atoms with E-state index in [-0.39, 0.29) is 11.8 Å². The predicted octanol–water partition coefficient (Wildman–Crippen LogP) is 3.03. The zero-order chi connectivity index (χ0) is 19.4. The van der Waals surface area contributed by atoms with Crippen molar-refractivity contribution in [2.75, 3.05) is 13.2 Å². The van der Waals surface area contributed by atoms with E-state index >= 15 is 0 Å². The fraction of sp³-hybridized carbons (Fsp3) is 0.556. The van der Waals surface area contributed by atoms with Gasteiger partial charge in [0, 0.05) is 19.0 Å². The summed E-state index contributed by atoms with van der Waals surface area (Å²) in [4.78, 5) is 4.39. The fourth-order valence-electron chi connectivity index (χ4n) is 3.07. The minimum absolute atomic E-state index is 0.0957. The number of aryl methyl sites for hydroxylation is 2. The van der Waals surface area contributed by atoms with Gasteiger partial charge in [0.15, 0.2) is 18.1 Å². The van der Waals surface area contributed by atoms with Crippen molar-refractivity contribution >= 4 is 0 Å². The van der Waals surface area contributed by atoms with Crippen molar-refractivity contribution in [1.82, 2.24) is 20.1 Å². The number of benzene rings is 1. The lowest BCUT2D eigenvalue weighted by Gasteiger charge is -2.24. The van der Waals surface area contributed by atoms with Gasteiger partial charge >= 0.3 is 6.18 Å². The number of halogens is 3. The predicted molar refractivity (Wildman–Crippen MR) is 92.9 cm³/mol. The van der Waals surface area contributed by atoms with Crippen LogP contribution in [0.2, 0.25) is 0 Å². The highest BCUT2D eigenvalue weighted by Gasteiger charge is 2.29. The highest BCUT2D eigenvalue weighted by atomic mass is 19.4. The summed E-state index contributed by atoms with van der Waals surface area (Å²) < 4.78 is 49.4. The van der Waals surface area contributed by atoms with Crippen LogP contribution < -0.4 is 14.8 Å². The van der Waals surface area contributed by atoms with Gasteiger partial charge in [-0.2, -0.15) is 18.3 Å². The summed E-state index contributed by atoms with van der Waals surface area (Å²) in [6.07, 6.45) is -2.56. The number of fused-ring (bicyclic) bond motifs is 1. The Kier molecular flexibility index (Phi) is 5.88. The standard InChI is InChI=1S/C18H23F3N4O2/c1-3-26-16-8-13(4-6-15(16)27-11-18(19,20)21)9-22-14-5-7-17-23-12(2)24-25(17)10-14/h4,6,8,14,22H,3,5,7,9-11H2,1-2H3. The molecule has 1 N–H and O–H groups in total. The van der Waals surface area contributed by atoms with Crippen LogP contribution in [0.3, 0.4) is 0 Å². The minimum atomic E-state index is -4.39.